The van der Waals surface area contributed by atoms with Crippen LogP contribution in [0.4, 0.5) is 19.4 Å². The summed E-state index contributed by atoms with van der Waals surface area (Å²) in [6, 6.07) is 1.16. The maximum atomic E-state index is 14.6. The van der Waals surface area contributed by atoms with Gasteiger partial charge in [-0.05, 0) is 31.7 Å². The first-order valence-corrected chi connectivity index (χ1v) is 10.4. The lowest BCUT2D eigenvalue weighted by Crippen LogP contribution is -2.49. The van der Waals surface area contributed by atoms with E-state index in [1.54, 1.807) is 6.20 Å². The van der Waals surface area contributed by atoms with Gasteiger partial charge < -0.3 is 20.4 Å². The van der Waals surface area contributed by atoms with Gasteiger partial charge in [0.2, 0.25) is 0 Å². The van der Waals surface area contributed by atoms with E-state index in [9.17, 15) is 13.6 Å². The highest BCUT2D eigenvalue weighted by molar-refractivity contribution is 5.91. The molecule has 1 spiro atoms. The van der Waals surface area contributed by atoms with Gasteiger partial charge in [0, 0.05) is 29.6 Å². The standard InChI is InChI=1S/C21H22F2N6O2/c1-2-16-21(31-20(30)28-16)5-3-4-12(7-21)27-19-15(23)10-26-18(29-19)14-9-25-17-13(14)6-11(22)8-24-17/h6,8-10,12,16H,2-5,7H2,1H3,(H,24,25)(H,28,30)(H,26,27,29)/t12-,16-,21-/m0/s1. The molecular formula is C21H22F2N6O2. The Morgan fingerprint density at radius 2 is 2.19 bits per heavy atom. The van der Waals surface area contributed by atoms with Crippen LogP contribution in [0.5, 0.6) is 0 Å². The van der Waals surface area contributed by atoms with Gasteiger partial charge in [0.25, 0.3) is 0 Å². The second-order valence-electron chi connectivity index (χ2n) is 8.14. The van der Waals surface area contributed by atoms with Gasteiger partial charge >= 0.3 is 6.09 Å². The quantitative estimate of drug-likeness (QED) is 0.582. The predicted molar refractivity (Wildman–Crippen MR) is 109 cm³/mol. The lowest BCUT2D eigenvalue weighted by molar-refractivity contribution is 0.000226. The van der Waals surface area contributed by atoms with Crippen molar-refractivity contribution < 1.29 is 18.3 Å². The maximum Gasteiger partial charge on any atom is 0.408 e. The molecule has 2 fully saturated rings. The number of halogens is 2. The third kappa shape index (κ3) is 3.45. The highest BCUT2D eigenvalue weighted by atomic mass is 19.1. The lowest BCUT2D eigenvalue weighted by atomic mass is 9.76. The number of fused-ring (bicyclic) bond motifs is 1. The number of ether oxygens (including phenoxy) is 1. The normalized spacial score (nSPS) is 25.6. The number of pyridine rings is 1. The number of aromatic amines is 1. The number of nitrogens with zero attached hydrogens (tertiary/aromatic N) is 3. The molecule has 3 aromatic rings. The topological polar surface area (TPSA) is 105 Å². The average molecular weight is 428 g/mol. The molecular weight excluding hydrogens is 406 g/mol. The molecule has 3 atom stereocenters. The Balaban J connectivity index is 1.42. The first-order chi connectivity index (χ1) is 15.0. The minimum absolute atomic E-state index is 0.0657. The molecule has 0 unspecified atom stereocenters. The molecule has 162 valence electrons. The first-order valence-electron chi connectivity index (χ1n) is 10.4. The van der Waals surface area contributed by atoms with Crippen molar-refractivity contribution in [3.63, 3.8) is 0 Å². The molecule has 8 nitrogen and oxygen atoms in total. The SMILES string of the molecule is CC[C@@H]1NC(=O)O[C@]12CCC[C@H](Nc1nc(-c3c[nH]c4ncc(F)cc34)ncc1F)C2. The van der Waals surface area contributed by atoms with E-state index >= 15 is 0 Å². The van der Waals surface area contributed by atoms with Crippen LogP contribution in [0.15, 0.2) is 24.7 Å². The highest BCUT2D eigenvalue weighted by Gasteiger charge is 2.50. The van der Waals surface area contributed by atoms with Crippen molar-refractivity contribution in [2.24, 2.45) is 0 Å². The van der Waals surface area contributed by atoms with Gasteiger partial charge in [-0.1, -0.05) is 6.92 Å². The summed E-state index contributed by atoms with van der Waals surface area (Å²) in [5.74, 6) is -0.739. The largest absolute Gasteiger partial charge is 0.441 e. The number of aromatic nitrogens is 4. The zero-order valence-electron chi connectivity index (χ0n) is 16.9. The maximum absolute atomic E-state index is 14.6. The molecule has 1 aliphatic carbocycles. The summed E-state index contributed by atoms with van der Waals surface area (Å²) >= 11 is 0. The van der Waals surface area contributed by atoms with Crippen molar-refractivity contribution in [3.8, 4) is 11.4 Å². The first kappa shape index (κ1) is 19.7. The smallest absolute Gasteiger partial charge is 0.408 e. The van der Waals surface area contributed by atoms with E-state index in [0.29, 0.717) is 23.0 Å². The van der Waals surface area contributed by atoms with Gasteiger partial charge in [-0.2, -0.15) is 0 Å². The lowest BCUT2D eigenvalue weighted by Gasteiger charge is -2.39. The van der Waals surface area contributed by atoms with Crippen molar-refractivity contribution >= 4 is 22.9 Å². The minimum Gasteiger partial charge on any atom is -0.441 e. The number of carbonyl (C=O) groups is 1. The molecule has 0 aromatic carbocycles. The third-order valence-electron chi connectivity index (χ3n) is 6.20. The summed E-state index contributed by atoms with van der Waals surface area (Å²) in [6.07, 6.45) is 7.18. The number of nitrogens with one attached hydrogen (secondary N) is 3. The Kier molecular flexibility index (Phi) is 4.71. The van der Waals surface area contributed by atoms with Crippen LogP contribution in [-0.4, -0.2) is 43.7 Å². The Bertz CT molecular complexity index is 1150. The van der Waals surface area contributed by atoms with E-state index in [-0.39, 0.29) is 23.7 Å². The molecule has 1 saturated heterocycles. The van der Waals surface area contributed by atoms with E-state index in [1.807, 2.05) is 6.92 Å². The molecule has 0 bridgehead atoms. The minimum atomic E-state index is -0.589. The van der Waals surface area contributed by atoms with Crippen molar-refractivity contribution in [2.45, 2.75) is 56.7 Å². The number of hydrogen-bond donors (Lipinski definition) is 3. The van der Waals surface area contributed by atoms with Crippen LogP contribution in [0.25, 0.3) is 22.4 Å². The number of hydrogen-bond acceptors (Lipinski definition) is 6. The molecule has 2 aliphatic rings. The monoisotopic (exact) mass is 428 g/mol. The fraction of sp³-hybridized carbons (Fsp3) is 0.429. The average Bonchev–Trinajstić information content (AvgIpc) is 3.29. The van der Waals surface area contributed by atoms with E-state index in [0.717, 1.165) is 38.1 Å². The van der Waals surface area contributed by atoms with Gasteiger partial charge in [0.05, 0.1) is 18.4 Å². The van der Waals surface area contributed by atoms with Crippen LogP contribution >= 0.6 is 0 Å². The van der Waals surface area contributed by atoms with Crippen LogP contribution in [0.1, 0.15) is 39.0 Å². The number of anilines is 1. The molecule has 3 aromatic heterocycles. The number of carbonyl (C=O) groups excluding carboxylic acids is 1. The van der Waals surface area contributed by atoms with Crippen LogP contribution in [0, 0.1) is 11.6 Å². The predicted octanol–water partition coefficient (Wildman–Crippen LogP) is 3.91. The number of alkyl carbamates (subject to hydrolysis) is 1. The molecule has 1 aliphatic heterocycles. The van der Waals surface area contributed by atoms with E-state index in [1.165, 1.54) is 6.07 Å². The van der Waals surface area contributed by atoms with Crippen molar-refractivity contribution in [1.82, 2.24) is 25.3 Å². The van der Waals surface area contributed by atoms with Crippen LogP contribution in [0.2, 0.25) is 0 Å². The summed E-state index contributed by atoms with van der Waals surface area (Å²) in [6.45, 7) is 2.01. The summed E-state index contributed by atoms with van der Waals surface area (Å²) in [4.78, 5) is 27.2. The molecule has 4 heterocycles. The molecule has 0 radical (unpaired) electrons. The molecule has 3 N–H and O–H groups in total. The molecule has 5 rings (SSSR count). The number of rotatable bonds is 4. The van der Waals surface area contributed by atoms with Crippen LogP contribution in [0.3, 0.4) is 0 Å². The highest BCUT2D eigenvalue weighted by Crippen LogP contribution is 2.40. The Hall–Kier alpha value is -3.30. The number of amides is 1. The van der Waals surface area contributed by atoms with Gasteiger partial charge in [-0.15, -0.1) is 0 Å². The zero-order chi connectivity index (χ0) is 21.6. The van der Waals surface area contributed by atoms with Gasteiger partial charge in [0.15, 0.2) is 17.5 Å². The summed E-state index contributed by atoms with van der Waals surface area (Å²) in [5, 5.41) is 6.57. The fourth-order valence-electron chi connectivity index (χ4n) is 4.79. The summed E-state index contributed by atoms with van der Waals surface area (Å²) in [7, 11) is 0. The Morgan fingerprint density at radius 1 is 1.32 bits per heavy atom. The zero-order valence-corrected chi connectivity index (χ0v) is 16.9. The Morgan fingerprint density at radius 3 is 3.03 bits per heavy atom. The fourth-order valence-corrected chi connectivity index (χ4v) is 4.79. The van der Waals surface area contributed by atoms with E-state index < -0.39 is 23.3 Å². The van der Waals surface area contributed by atoms with E-state index in [4.69, 9.17) is 4.74 Å². The number of H-pyrrole nitrogens is 1. The van der Waals surface area contributed by atoms with Crippen LogP contribution < -0.4 is 10.6 Å². The van der Waals surface area contributed by atoms with E-state index in [2.05, 4.69) is 30.6 Å². The molecule has 1 amide bonds. The molecule has 10 heteroatoms. The second kappa shape index (κ2) is 7.44. The van der Waals surface area contributed by atoms with Crippen LogP contribution in [-0.2, 0) is 4.74 Å². The van der Waals surface area contributed by atoms with Crippen molar-refractivity contribution in [2.75, 3.05) is 5.32 Å². The Labute approximate surface area is 176 Å². The molecule has 31 heavy (non-hydrogen) atoms. The second-order valence-corrected chi connectivity index (χ2v) is 8.14. The van der Waals surface area contributed by atoms with Gasteiger partial charge in [0.1, 0.15) is 17.1 Å². The summed E-state index contributed by atoms with van der Waals surface area (Å²) in [5.41, 5.74) is 0.438. The summed E-state index contributed by atoms with van der Waals surface area (Å²) < 4.78 is 33.9. The van der Waals surface area contributed by atoms with Crippen molar-refractivity contribution in [1.29, 1.82) is 0 Å². The van der Waals surface area contributed by atoms with Crippen molar-refractivity contribution in [3.05, 3.63) is 36.3 Å². The molecule has 1 saturated carbocycles. The van der Waals surface area contributed by atoms with Gasteiger partial charge in [-0.25, -0.2) is 28.5 Å². The van der Waals surface area contributed by atoms with Gasteiger partial charge in [-0.3, -0.25) is 0 Å². The third-order valence-corrected chi connectivity index (χ3v) is 6.20.